The molecule has 2 heterocycles. The van der Waals surface area contributed by atoms with Gasteiger partial charge < -0.3 is 4.40 Å². The molecule has 0 N–H and O–H groups in total. The number of alkyl halides is 3. The Hall–Kier alpha value is -1.37. The van der Waals surface area contributed by atoms with Crippen molar-refractivity contribution in [3.63, 3.8) is 0 Å². The van der Waals surface area contributed by atoms with Crippen molar-refractivity contribution < 1.29 is 18.0 Å². The molecule has 3 nitrogen and oxygen atoms in total. The van der Waals surface area contributed by atoms with Crippen molar-refractivity contribution in [2.75, 3.05) is 0 Å². The lowest BCUT2D eigenvalue weighted by Gasteiger charge is -2.16. The van der Waals surface area contributed by atoms with E-state index in [0.29, 0.717) is 10.3 Å². The van der Waals surface area contributed by atoms with E-state index in [-0.39, 0.29) is 5.52 Å². The Kier molecular flexibility index (Phi) is 3.44. The van der Waals surface area contributed by atoms with Gasteiger partial charge in [0, 0.05) is 16.1 Å². The first-order chi connectivity index (χ1) is 9.01. The van der Waals surface area contributed by atoms with Gasteiger partial charge in [-0.2, -0.15) is 13.2 Å². The van der Waals surface area contributed by atoms with E-state index in [1.54, 1.807) is 12.3 Å². The molecular weight excluding hydrogens is 337 g/mol. The predicted octanol–water partition coefficient (Wildman–Crippen LogP) is 4.14. The van der Waals surface area contributed by atoms with Gasteiger partial charge in [0.1, 0.15) is 11.5 Å². The minimum Gasteiger partial charge on any atom is -0.302 e. The number of hydrogen-bond donors (Lipinski definition) is 0. The summed E-state index contributed by atoms with van der Waals surface area (Å²) in [6.45, 7) is 5.48. The van der Waals surface area contributed by atoms with E-state index in [1.807, 2.05) is 20.8 Å². The maximum absolute atomic E-state index is 12.7. The fourth-order valence-electron chi connectivity index (χ4n) is 1.89. The van der Waals surface area contributed by atoms with Crippen LogP contribution in [-0.2, 0) is 5.41 Å². The van der Waals surface area contributed by atoms with E-state index in [0.717, 1.165) is 0 Å². The third-order valence-electron chi connectivity index (χ3n) is 2.75. The molecule has 108 valence electrons. The Morgan fingerprint density at radius 2 is 1.90 bits per heavy atom. The summed E-state index contributed by atoms with van der Waals surface area (Å²) in [5.74, 6) is -1.52. The summed E-state index contributed by atoms with van der Waals surface area (Å²) in [6.07, 6.45) is -3.34. The van der Waals surface area contributed by atoms with Crippen molar-refractivity contribution in [2.45, 2.75) is 32.4 Å². The van der Waals surface area contributed by atoms with Crippen molar-refractivity contribution in [1.82, 2.24) is 9.38 Å². The van der Waals surface area contributed by atoms with E-state index < -0.39 is 23.1 Å². The van der Waals surface area contributed by atoms with E-state index in [2.05, 4.69) is 20.9 Å². The topological polar surface area (TPSA) is 34.4 Å². The molecule has 7 heteroatoms. The molecule has 0 radical (unpaired) electrons. The van der Waals surface area contributed by atoms with E-state index in [4.69, 9.17) is 0 Å². The fourth-order valence-corrected chi connectivity index (χ4v) is 2.22. The van der Waals surface area contributed by atoms with Gasteiger partial charge in [0.2, 0.25) is 0 Å². The largest absolute Gasteiger partial charge is 0.456 e. The van der Waals surface area contributed by atoms with Crippen LogP contribution < -0.4 is 0 Å². The lowest BCUT2D eigenvalue weighted by atomic mass is 9.96. The Morgan fingerprint density at radius 3 is 2.40 bits per heavy atom. The molecule has 2 rings (SSSR count). The molecule has 0 aliphatic rings. The summed E-state index contributed by atoms with van der Waals surface area (Å²) in [5.41, 5.74) is -0.906. The summed E-state index contributed by atoms with van der Waals surface area (Å²) >= 11 is 3.19. The Bertz CT molecular complexity index is 683. The molecule has 2 aromatic heterocycles. The molecule has 0 aromatic carbocycles. The smallest absolute Gasteiger partial charge is 0.302 e. The van der Waals surface area contributed by atoms with Crippen LogP contribution >= 0.6 is 15.9 Å². The van der Waals surface area contributed by atoms with E-state index in [9.17, 15) is 18.0 Å². The molecule has 0 spiro atoms. The molecule has 2 aromatic rings. The first kappa shape index (κ1) is 15.0. The van der Waals surface area contributed by atoms with Crippen molar-refractivity contribution >= 4 is 27.2 Å². The van der Waals surface area contributed by atoms with Crippen molar-refractivity contribution in [3.05, 3.63) is 34.3 Å². The number of Topliss-reactive ketones (excluding diaryl/α,β-unsaturated/α-hetero) is 1. The summed E-state index contributed by atoms with van der Waals surface area (Å²) in [4.78, 5) is 15.5. The maximum Gasteiger partial charge on any atom is 0.456 e. The van der Waals surface area contributed by atoms with Gasteiger partial charge >= 0.3 is 6.18 Å². The molecule has 20 heavy (non-hydrogen) atoms. The summed E-state index contributed by atoms with van der Waals surface area (Å²) < 4.78 is 40.1. The molecule has 0 aliphatic heterocycles. The third-order valence-corrected chi connectivity index (χ3v) is 3.24. The number of rotatable bonds is 1. The number of fused-ring (bicyclic) bond motifs is 1. The standard InChI is InChI=1S/C13H12BrF3N2O/c1-12(2,3)11-18-9(10(20)13(15,16)17)8-6-7(14)4-5-19(8)11/h4-6H,1-3H3. The summed E-state index contributed by atoms with van der Waals surface area (Å²) in [5, 5.41) is 0. The van der Waals surface area contributed by atoms with Gasteiger partial charge in [-0.15, -0.1) is 0 Å². The van der Waals surface area contributed by atoms with Crippen molar-refractivity contribution in [2.24, 2.45) is 0 Å². The second-order valence-electron chi connectivity index (χ2n) is 5.46. The van der Waals surface area contributed by atoms with Gasteiger partial charge in [-0.3, -0.25) is 4.79 Å². The molecule has 0 bridgehead atoms. The third kappa shape index (κ3) is 2.59. The summed E-state index contributed by atoms with van der Waals surface area (Å²) in [7, 11) is 0. The highest BCUT2D eigenvalue weighted by Crippen LogP contribution is 2.30. The highest BCUT2D eigenvalue weighted by Gasteiger charge is 2.42. The molecule has 0 unspecified atom stereocenters. The van der Waals surface area contributed by atoms with Crippen molar-refractivity contribution in [3.8, 4) is 0 Å². The van der Waals surface area contributed by atoms with Gasteiger partial charge in [-0.05, 0) is 12.1 Å². The lowest BCUT2D eigenvalue weighted by molar-refractivity contribution is -0.0887. The predicted molar refractivity (Wildman–Crippen MR) is 72.0 cm³/mol. The molecule has 0 atom stereocenters. The normalized spacial score (nSPS) is 12.9. The monoisotopic (exact) mass is 348 g/mol. The number of ketones is 1. The van der Waals surface area contributed by atoms with Crippen LogP contribution in [0.15, 0.2) is 22.8 Å². The van der Waals surface area contributed by atoms with Crippen LogP contribution in [0.25, 0.3) is 5.52 Å². The molecule has 0 amide bonds. The first-order valence-electron chi connectivity index (χ1n) is 5.81. The zero-order chi connectivity index (χ0) is 15.3. The number of halogens is 4. The average molecular weight is 349 g/mol. The zero-order valence-electron chi connectivity index (χ0n) is 11.0. The number of hydrogen-bond acceptors (Lipinski definition) is 2. The number of carbonyl (C=O) groups excluding carboxylic acids is 1. The number of imidazole rings is 1. The zero-order valence-corrected chi connectivity index (χ0v) is 12.6. The molecule has 0 aliphatic carbocycles. The number of pyridine rings is 1. The number of carbonyl (C=O) groups is 1. The van der Waals surface area contributed by atoms with Gasteiger partial charge in [0.25, 0.3) is 5.78 Å². The lowest BCUT2D eigenvalue weighted by Crippen LogP contribution is -2.23. The average Bonchev–Trinajstić information content (AvgIpc) is 2.64. The highest BCUT2D eigenvalue weighted by atomic mass is 79.9. The Morgan fingerprint density at radius 1 is 1.30 bits per heavy atom. The van der Waals surface area contributed by atoms with Crippen LogP contribution in [0.1, 0.15) is 37.1 Å². The summed E-state index contributed by atoms with van der Waals surface area (Å²) in [6, 6.07) is 3.15. The van der Waals surface area contributed by atoms with Crippen LogP contribution in [0.3, 0.4) is 0 Å². The minimum atomic E-state index is -4.94. The molecule has 0 fully saturated rings. The second kappa shape index (κ2) is 4.58. The molecule has 0 saturated carbocycles. The van der Waals surface area contributed by atoms with Crippen molar-refractivity contribution in [1.29, 1.82) is 0 Å². The quantitative estimate of drug-likeness (QED) is 0.726. The van der Waals surface area contributed by atoms with Crippen LogP contribution in [0.2, 0.25) is 0 Å². The highest BCUT2D eigenvalue weighted by molar-refractivity contribution is 9.10. The van der Waals surface area contributed by atoms with Gasteiger partial charge in [-0.25, -0.2) is 4.98 Å². The van der Waals surface area contributed by atoms with Gasteiger partial charge in [0.15, 0.2) is 0 Å². The number of nitrogens with zero attached hydrogens (tertiary/aromatic N) is 2. The molecule has 0 saturated heterocycles. The first-order valence-corrected chi connectivity index (χ1v) is 6.61. The second-order valence-corrected chi connectivity index (χ2v) is 6.38. The van der Waals surface area contributed by atoms with Gasteiger partial charge in [-0.1, -0.05) is 36.7 Å². The van der Waals surface area contributed by atoms with Crippen LogP contribution in [0.5, 0.6) is 0 Å². The van der Waals surface area contributed by atoms with E-state index in [1.165, 1.54) is 10.5 Å². The van der Waals surface area contributed by atoms with Gasteiger partial charge in [0.05, 0.1) is 5.52 Å². The fraction of sp³-hybridized carbons (Fsp3) is 0.385. The van der Waals surface area contributed by atoms with Crippen LogP contribution in [0, 0.1) is 0 Å². The number of aromatic nitrogens is 2. The van der Waals surface area contributed by atoms with Crippen LogP contribution in [0.4, 0.5) is 13.2 Å². The SMILES string of the molecule is CC(C)(C)c1nc(C(=O)C(F)(F)F)c2cc(Br)ccn12. The van der Waals surface area contributed by atoms with E-state index >= 15 is 0 Å². The Labute approximate surface area is 121 Å². The molecular formula is C13H12BrF3N2O. The minimum absolute atomic E-state index is 0.145. The maximum atomic E-state index is 12.7. The Balaban J connectivity index is 2.79. The van der Waals surface area contributed by atoms with Crippen LogP contribution in [-0.4, -0.2) is 21.3 Å².